The molecule has 0 fully saturated rings. The van der Waals surface area contributed by atoms with Gasteiger partial charge in [0.1, 0.15) is 0 Å². The van der Waals surface area contributed by atoms with Gasteiger partial charge in [-0.1, -0.05) is 13.3 Å². The van der Waals surface area contributed by atoms with Crippen molar-refractivity contribution >= 4 is 5.96 Å². The summed E-state index contributed by atoms with van der Waals surface area (Å²) in [6.45, 7) is 6.98. The van der Waals surface area contributed by atoms with Gasteiger partial charge in [0.05, 0.1) is 0 Å². The second-order valence-electron chi connectivity index (χ2n) is 4.71. The molecule has 1 heterocycles. The smallest absolute Gasteiger partial charge is 0.198 e. The van der Waals surface area contributed by atoms with E-state index in [1.165, 1.54) is 5.57 Å². The van der Waals surface area contributed by atoms with Crippen LogP contribution in [0, 0.1) is 5.92 Å². The van der Waals surface area contributed by atoms with Crippen molar-refractivity contribution in [1.29, 1.82) is 0 Å². The van der Waals surface area contributed by atoms with Crippen LogP contribution in [0.15, 0.2) is 16.8 Å². The fourth-order valence-corrected chi connectivity index (χ4v) is 1.95. The molecule has 0 aliphatic carbocycles. The van der Waals surface area contributed by atoms with E-state index in [-0.39, 0.29) is 0 Å². The molecule has 0 saturated carbocycles. The average molecular weight is 239 g/mol. The molecule has 0 aromatic heterocycles. The lowest BCUT2D eigenvalue weighted by Crippen LogP contribution is -2.41. The van der Waals surface area contributed by atoms with Crippen molar-refractivity contribution in [3.63, 3.8) is 0 Å². The first-order chi connectivity index (χ1) is 8.17. The maximum Gasteiger partial charge on any atom is 0.198 e. The summed E-state index contributed by atoms with van der Waals surface area (Å²) < 4.78 is 5.19. The highest BCUT2D eigenvalue weighted by atomic mass is 16.5. The Morgan fingerprint density at radius 1 is 1.59 bits per heavy atom. The van der Waals surface area contributed by atoms with Crippen molar-refractivity contribution in [1.82, 2.24) is 10.2 Å². The summed E-state index contributed by atoms with van der Waals surface area (Å²) in [5.74, 6) is 1.60. The van der Waals surface area contributed by atoms with Gasteiger partial charge in [-0.05, 0) is 24.8 Å². The lowest BCUT2D eigenvalue weighted by Gasteiger charge is -2.26. The SMILES string of the molecule is CCC(CCN=C1NC=C(C)CN1C)COC. The summed E-state index contributed by atoms with van der Waals surface area (Å²) in [6.07, 6.45) is 4.28. The Hall–Kier alpha value is -1.03. The Morgan fingerprint density at radius 2 is 2.35 bits per heavy atom. The van der Waals surface area contributed by atoms with Crippen molar-refractivity contribution in [3.8, 4) is 0 Å². The standard InChI is InChI=1S/C13H25N3O/c1-5-12(10-17-4)6-7-14-13-15-8-11(2)9-16(13)3/h8,12H,5-7,9-10H2,1-4H3,(H,14,15). The minimum absolute atomic E-state index is 0.621. The quantitative estimate of drug-likeness (QED) is 0.768. The molecule has 0 aromatic rings. The number of methoxy groups -OCH3 is 1. The molecule has 0 spiro atoms. The fraction of sp³-hybridized carbons (Fsp3) is 0.769. The van der Waals surface area contributed by atoms with Gasteiger partial charge in [-0.15, -0.1) is 0 Å². The first-order valence-electron chi connectivity index (χ1n) is 6.34. The molecule has 4 heteroatoms. The van der Waals surface area contributed by atoms with Gasteiger partial charge in [-0.3, -0.25) is 4.99 Å². The minimum atomic E-state index is 0.621. The van der Waals surface area contributed by atoms with E-state index in [1.807, 2.05) is 6.20 Å². The summed E-state index contributed by atoms with van der Waals surface area (Å²) in [6, 6.07) is 0. The number of guanidine groups is 1. The lowest BCUT2D eigenvalue weighted by atomic mass is 10.0. The van der Waals surface area contributed by atoms with E-state index in [0.29, 0.717) is 5.92 Å². The zero-order chi connectivity index (χ0) is 12.7. The highest BCUT2D eigenvalue weighted by Crippen LogP contribution is 2.09. The topological polar surface area (TPSA) is 36.9 Å². The molecule has 0 bridgehead atoms. The zero-order valence-electron chi connectivity index (χ0n) is 11.5. The fourth-order valence-electron chi connectivity index (χ4n) is 1.95. The van der Waals surface area contributed by atoms with Gasteiger partial charge >= 0.3 is 0 Å². The number of aliphatic imine (C=N–C) groups is 1. The third kappa shape index (κ3) is 4.77. The Bertz CT molecular complexity index is 286. The highest BCUT2D eigenvalue weighted by molar-refractivity contribution is 5.82. The first kappa shape index (κ1) is 14.0. The monoisotopic (exact) mass is 239 g/mol. The van der Waals surface area contributed by atoms with Gasteiger partial charge in [0, 0.05) is 40.1 Å². The molecule has 1 atom stereocenters. The highest BCUT2D eigenvalue weighted by Gasteiger charge is 2.11. The summed E-state index contributed by atoms with van der Waals surface area (Å²) >= 11 is 0. The first-order valence-corrected chi connectivity index (χ1v) is 6.34. The van der Waals surface area contributed by atoms with E-state index in [4.69, 9.17) is 4.74 Å². The lowest BCUT2D eigenvalue weighted by molar-refractivity contribution is 0.147. The number of rotatable bonds is 6. The van der Waals surface area contributed by atoms with Gasteiger partial charge < -0.3 is 15.0 Å². The van der Waals surface area contributed by atoms with Crippen LogP contribution in [0.2, 0.25) is 0 Å². The van der Waals surface area contributed by atoms with Gasteiger partial charge in [-0.25, -0.2) is 0 Å². The van der Waals surface area contributed by atoms with Crippen LogP contribution in [0.4, 0.5) is 0 Å². The Morgan fingerprint density at radius 3 is 2.94 bits per heavy atom. The van der Waals surface area contributed by atoms with E-state index in [9.17, 15) is 0 Å². The molecule has 98 valence electrons. The predicted octanol–water partition coefficient (Wildman–Crippen LogP) is 1.84. The van der Waals surface area contributed by atoms with Crippen LogP contribution in [-0.4, -0.2) is 44.7 Å². The molecular weight excluding hydrogens is 214 g/mol. The third-order valence-electron chi connectivity index (χ3n) is 3.07. The molecule has 0 aromatic carbocycles. The van der Waals surface area contributed by atoms with Crippen LogP contribution in [0.1, 0.15) is 26.7 Å². The van der Waals surface area contributed by atoms with Crippen LogP contribution in [-0.2, 0) is 4.74 Å². The van der Waals surface area contributed by atoms with Crippen molar-refractivity contribution in [2.75, 3.05) is 33.9 Å². The van der Waals surface area contributed by atoms with E-state index in [2.05, 4.69) is 36.1 Å². The molecule has 1 rings (SSSR count). The molecule has 1 N–H and O–H groups in total. The van der Waals surface area contributed by atoms with Crippen molar-refractivity contribution in [2.45, 2.75) is 26.7 Å². The Kier molecular flexibility index (Phi) is 6.05. The normalized spacial score (nSPS) is 20.1. The minimum Gasteiger partial charge on any atom is -0.384 e. The summed E-state index contributed by atoms with van der Waals surface area (Å²) in [7, 11) is 3.83. The van der Waals surface area contributed by atoms with E-state index in [0.717, 1.165) is 38.5 Å². The van der Waals surface area contributed by atoms with Gasteiger partial charge in [0.2, 0.25) is 0 Å². The Labute approximate surface area is 105 Å². The second-order valence-corrected chi connectivity index (χ2v) is 4.71. The summed E-state index contributed by atoms with van der Waals surface area (Å²) in [4.78, 5) is 6.75. The second kappa shape index (κ2) is 7.33. The maximum absolute atomic E-state index is 5.19. The van der Waals surface area contributed by atoms with Crippen LogP contribution in [0.5, 0.6) is 0 Å². The molecule has 0 saturated heterocycles. The van der Waals surface area contributed by atoms with Gasteiger partial charge in [0.25, 0.3) is 0 Å². The number of likely N-dealkylation sites (N-methyl/N-ethyl adjacent to an activating group) is 1. The predicted molar refractivity (Wildman–Crippen MR) is 72.1 cm³/mol. The van der Waals surface area contributed by atoms with Crippen molar-refractivity contribution in [3.05, 3.63) is 11.8 Å². The number of hydrogen-bond acceptors (Lipinski definition) is 2. The summed E-state index contributed by atoms with van der Waals surface area (Å²) in [5, 5.41) is 3.23. The number of nitrogens with one attached hydrogen (secondary N) is 1. The zero-order valence-corrected chi connectivity index (χ0v) is 11.5. The molecule has 1 aliphatic rings. The maximum atomic E-state index is 5.19. The van der Waals surface area contributed by atoms with E-state index in [1.54, 1.807) is 7.11 Å². The average Bonchev–Trinajstić information content (AvgIpc) is 2.30. The summed E-state index contributed by atoms with van der Waals surface area (Å²) in [5.41, 5.74) is 1.33. The molecule has 1 aliphatic heterocycles. The van der Waals surface area contributed by atoms with Crippen LogP contribution in [0.25, 0.3) is 0 Å². The molecule has 0 amide bonds. The molecular formula is C13H25N3O. The third-order valence-corrected chi connectivity index (χ3v) is 3.07. The van der Waals surface area contributed by atoms with E-state index >= 15 is 0 Å². The number of nitrogens with zero attached hydrogens (tertiary/aromatic N) is 2. The molecule has 17 heavy (non-hydrogen) atoms. The molecule has 1 unspecified atom stereocenters. The van der Waals surface area contributed by atoms with Crippen LogP contribution in [0.3, 0.4) is 0 Å². The Balaban J connectivity index is 2.38. The largest absolute Gasteiger partial charge is 0.384 e. The van der Waals surface area contributed by atoms with Crippen molar-refractivity contribution in [2.24, 2.45) is 10.9 Å². The number of hydrogen-bond donors (Lipinski definition) is 1. The molecule has 0 radical (unpaired) electrons. The van der Waals surface area contributed by atoms with E-state index < -0.39 is 0 Å². The van der Waals surface area contributed by atoms with Crippen LogP contribution < -0.4 is 5.32 Å². The van der Waals surface area contributed by atoms with Crippen LogP contribution >= 0.6 is 0 Å². The van der Waals surface area contributed by atoms with Gasteiger partial charge in [0.15, 0.2) is 5.96 Å². The van der Waals surface area contributed by atoms with Gasteiger partial charge in [-0.2, -0.15) is 0 Å². The number of ether oxygens (including phenoxy) is 1. The molecule has 4 nitrogen and oxygen atoms in total. The van der Waals surface area contributed by atoms with Crippen molar-refractivity contribution < 1.29 is 4.74 Å².